The first-order valence-corrected chi connectivity index (χ1v) is 9.62. The normalized spacial score (nSPS) is 4.00. The summed E-state index contributed by atoms with van der Waals surface area (Å²) in [4.78, 5) is 0. The minimum atomic E-state index is -0.639. The van der Waals surface area contributed by atoms with E-state index in [9.17, 15) is 0 Å². The van der Waals surface area contributed by atoms with Crippen LogP contribution in [0.15, 0.2) is 0 Å². The Hall–Kier alpha value is 2.22. The van der Waals surface area contributed by atoms with Gasteiger partial charge in [-0.2, -0.15) is 0 Å². The van der Waals surface area contributed by atoms with E-state index in [-0.39, 0.29) is 7.43 Å². The van der Waals surface area contributed by atoms with Crippen molar-refractivity contribution in [3.63, 3.8) is 0 Å². The van der Waals surface area contributed by atoms with E-state index < -0.39 is 26.8 Å². The molecule has 0 aliphatic heterocycles. The van der Waals surface area contributed by atoms with Crippen LogP contribution in [0.4, 0.5) is 0 Å². The molecule has 0 saturated heterocycles. The van der Waals surface area contributed by atoms with Gasteiger partial charge >= 0.3 is 26.8 Å². The van der Waals surface area contributed by atoms with Crippen LogP contribution in [0, 0.1) is 0 Å². The highest BCUT2D eigenvalue weighted by Gasteiger charge is 1.59. The number of hydrogen-bond donors (Lipinski definition) is 0. The smallest absolute Gasteiger partial charge is 0.240 e. The van der Waals surface area contributed by atoms with Crippen molar-refractivity contribution < 1.29 is 0 Å². The van der Waals surface area contributed by atoms with Gasteiger partial charge in [0.25, 0.3) is 0 Å². The number of rotatable bonds is 0. The highest BCUT2D eigenvalue weighted by molar-refractivity contribution is 7.22. The molecule has 0 spiro atoms. The Labute approximate surface area is 73.7 Å². The van der Waals surface area contributed by atoms with E-state index in [1.54, 1.807) is 0 Å². The monoisotopic (exact) mass is 212 g/mol. The fourth-order valence-electron chi connectivity index (χ4n) is 0. The lowest BCUT2D eigenvalue weighted by Gasteiger charge is -1.33. The molecule has 0 aromatic carbocycles. The molecule has 0 fully saturated rings. The van der Waals surface area contributed by atoms with Crippen LogP contribution in [-0.4, -0.2) is 26.8 Å². The van der Waals surface area contributed by atoms with Crippen molar-refractivity contribution in [1.29, 1.82) is 0 Å². The lowest BCUT2D eigenvalue weighted by molar-refractivity contribution is 2.50. The molecule has 0 aromatic rings. The van der Waals surface area contributed by atoms with E-state index in [1.165, 1.54) is 0 Å². The lowest BCUT2D eigenvalue weighted by atomic mass is 12.0. The standard InChI is InChI=1S/CH4.2Al.4ClH.2H/h1H4;;;4*1H;;/q;2*+2;;;;;;/p-4. The molecule has 0 radical (unpaired) electrons. The summed E-state index contributed by atoms with van der Waals surface area (Å²) in [6.07, 6.45) is 0. The zero-order chi connectivity index (χ0) is 5.41. The van der Waals surface area contributed by atoms with Crippen molar-refractivity contribution >= 4 is 66.9 Å². The van der Waals surface area contributed by atoms with Gasteiger partial charge in [-0.25, -0.2) is 40.2 Å². The molecule has 0 saturated carbocycles. The summed E-state index contributed by atoms with van der Waals surface area (Å²) in [5.74, 6) is 0. The Morgan fingerprint density at radius 2 is 0.714 bits per heavy atom. The molecule has 0 aromatic heterocycles. The van der Waals surface area contributed by atoms with E-state index in [0.29, 0.717) is 0 Å². The van der Waals surface area contributed by atoms with Gasteiger partial charge in [0.15, 0.2) is 0 Å². The first-order chi connectivity index (χ1) is 2.83. The van der Waals surface area contributed by atoms with Crippen LogP contribution in [-0.2, 0) is 0 Å². The van der Waals surface area contributed by atoms with E-state index >= 15 is 0 Å². The third-order valence-electron chi connectivity index (χ3n) is 0. The van der Waals surface area contributed by atoms with Gasteiger partial charge in [-0.1, -0.05) is 7.43 Å². The van der Waals surface area contributed by atoms with Crippen molar-refractivity contribution in [2.24, 2.45) is 0 Å². The van der Waals surface area contributed by atoms with Crippen molar-refractivity contribution in [3.8, 4) is 0 Å². The Kier molecular flexibility index (Phi) is 55.3. The van der Waals surface area contributed by atoms with Crippen molar-refractivity contribution in [2.45, 2.75) is 7.43 Å². The van der Waals surface area contributed by atoms with E-state index in [0.717, 1.165) is 0 Å². The van der Waals surface area contributed by atoms with Crippen molar-refractivity contribution in [3.05, 3.63) is 0 Å². The van der Waals surface area contributed by atoms with Crippen LogP contribution in [0.2, 0.25) is 0 Å². The molecule has 0 rings (SSSR count). The molecular weight excluding hydrogens is 208 g/mol. The minimum Gasteiger partial charge on any atom is -0.240 e. The van der Waals surface area contributed by atoms with Crippen LogP contribution in [0.1, 0.15) is 7.43 Å². The van der Waals surface area contributed by atoms with Crippen LogP contribution < -0.4 is 0 Å². The Morgan fingerprint density at radius 3 is 0.714 bits per heavy atom. The molecule has 0 heterocycles. The maximum absolute atomic E-state index is 4.90. The lowest BCUT2D eigenvalue weighted by Crippen LogP contribution is -1.36. The van der Waals surface area contributed by atoms with Crippen molar-refractivity contribution in [2.75, 3.05) is 0 Å². The summed E-state index contributed by atoms with van der Waals surface area (Å²) in [6.45, 7) is 0. The van der Waals surface area contributed by atoms with Gasteiger partial charge in [0, 0.05) is 0 Å². The van der Waals surface area contributed by atoms with Crippen molar-refractivity contribution in [1.82, 2.24) is 0 Å². The predicted octanol–water partition coefficient (Wildman–Crippen LogP) is 2.10. The molecule has 0 amide bonds. The van der Waals surface area contributed by atoms with Crippen LogP contribution in [0.5, 0.6) is 0 Å². The highest BCUT2D eigenvalue weighted by atomic mass is 35.7. The zero-order valence-corrected chi connectivity index (χ0v) is 8.78. The van der Waals surface area contributed by atoms with Crippen LogP contribution in [0.3, 0.4) is 0 Å². The fourth-order valence-corrected chi connectivity index (χ4v) is 0. The van der Waals surface area contributed by atoms with Gasteiger partial charge in [-0.05, 0) is 0 Å². The van der Waals surface area contributed by atoms with Gasteiger partial charge in [0.05, 0.1) is 0 Å². The first kappa shape index (κ1) is 16.1. The number of hydrogen-bond acceptors (Lipinski definition) is 0. The van der Waals surface area contributed by atoms with Gasteiger partial charge in [0.2, 0.25) is 0 Å². The third kappa shape index (κ3) is 64.4. The molecule has 0 unspecified atom stereocenters. The molecule has 0 atom stereocenters. The Balaban J connectivity index is -0.0000000400. The summed E-state index contributed by atoms with van der Waals surface area (Å²) >= 11 is -1.28. The summed E-state index contributed by atoms with van der Waals surface area (Å²) < 4.78 is 0. The molecule has 0 bridgehead atoms. The topological polar surface area (TPSA) is 0 Å². The van der Waals surface area contributed by atoms with E-state index in [4.69, 9.17) is 40.2 Å². The summed E-state index contributed by atoms with van der Waals surface area (Å²) in [5.41, 5.74) is 0. The molecule has 6 heteroatoms. The first-order valence-electron chi connectivity index (χ1n) is 1.07. The average Bonchev–Trinajstić information content (AvgIpc) is 1.39. The summed E-state index contributed by atoms with van der Waals surface area (Å²) in [7, 11) is 19.6. The maximum atomic E-state index is 4.90. The predicted molar refractivity (Wildman–Crippen MR) is 44.4 cm³/mol. The summed E-state index contributed by atoms with van der Waals surface area (Å²) in [5, 5.41) is 0. The zero-order valence-electron chi connectivity index (χ0n) is 2.93. The number of halogens is 4. The minimum absolute atomic E-state index is 0. The van der Waals surface area contributed by atoms with Gasteiger partial charge in [-0.3, -0.25) is 0 Å². The fraction of sp³-hybridized carbons (Fsp3) is 1.00. The molecule has 44 valence electrons. The van der Waals surface area contributed by atoms with Crippen LogP contribution in [0.25, 0.3) is 0 Å². The van der Waals surface area contributed by atoms with E-state index in [1.807, 2.05) is 0 Å². The van der Waals surface area contributed by atoms with Crippen LogP contribution >= 0.6 is 40.2 Å². The molecule has 7 heavy (non-hydrogen) atoms. The molecule has 0 N–H and O–H groups in total. The van der Waals surface area contributed by atoms with Gasteiger partial charge in [-0.15, -0.1) is 0 Å². The molecular formula is CH6Al2Cl4. The second-order valence-corrected chi connectivity index (χ2v) is 5.45. The molecule has 0 aliphatic rings. The second-order valence-electron chi connectivity index (χ2n) is 0.202. The third-order valence-corrected chi connectivity index (χ3v) is 0. The average molecular weight is 214 g/mol. The Morgan fingerprint density at radius 1 is 0.714 bits per heavy atom. The summed E-state index contributed by atoms with van der Waals surface area (Å²) in [6, 6.07) is 0. The second kappa shape index (κ2) is 24.1. The largest absolute Gasteiger partial charge is 0.499 e. The maximum Gasteiger partial charge on any atom is 0.499 e. The van der Waals surface area contributed by atoms with Gasteiger partial charge in [0.1, 0.15) is 0 Å². The highest BCUT2D eigenvalue weighted by Crippen LogP contribution is 1.67. The molecule has 0 nitrogen and oxygen atoms in total. The molecule has 0 aliphatic carbocycles. The Bertz CT molecular complexity index is 11.7. The van der Waals surface area contributed by atoms with Gasteiger partial charge < -0.3 is 0 Å². The quantitative estimate of drug-likeness (QED) is 0.541. The SMILES string of the molecule is C.[Cl][AlH][Cl].[Cl][AlH][Cl]. The van der Waals surface area contributed by atoms with E-state index in [2.05, 4.69) is 0 Å².